The summed E-state index contributed by atoms with van der Waals surface area (Å²) < 4.78 is 12.3. The fourth-order valence-corrected chi connectivity index (χ4v) is 2.64. The molecule has 0 saturated carbocycles. The van der Waals surface area contributed by atoms with Crippen molar-refractivity contribution in [1.29, 1.82) is 0 Å². The number of halogens is 2. The molecule has 20 heavy (non-hydrogen) atoms. The minimum absolute atomic E-state index is 0.0935. The fraction of sp³-hybridized carbons (Fsp3) is 0.133. The molecule has 5 heteroatoms. The second-order valence-corrected chi connectivity index (χ2v) is 6.12. The monoisotopic (exact) mass is 446 g/mol. The fourth-order valence-electron chi connectivity index (χ4n) is 1.79. The number of hydrogen-bond acceptors (Lipinski definition) is 3. The predicted octanol–water partition coefficient (Wildman–Crippen LogP) is 4.30. The Morgan fingerprint density at radius 2 is 1.65 bits per heavy atom. The molecule has 0 saturated heterocycles. The molecule has 0 spiro atoms. The maximum absolute atomic E-state index is 12.6. The van der Waals surface area contributed by atoms with Gasteiger partial charge in [-0.2, -0.15) is 0 Å². The minimum Gasteiger partial charge on any atom is -0.496 e. The highest BCUT2D eigenvalue weighted by atomic mass is 127. The van der Waals surface area contributed by atoms with E-state index in [0.29, 0.717) is 22.6 Å². The topological polar surface area (TPSA) is 35.5 Å². The van der Waals surface area contributed by atoms with Crippen LogP contribution in [-0.2, 0) is 0 Å². The van der Waals surface area contributed by atoms with Gasteiger partial charge in [0.25, 0.3) is 0 Å². The number of carbonyl (C=O) groups excluding carboxylic acids is 1. The molecule has 0 amide bonds. The van der Waals surface area contributed by atoms with Crippen molar-refractivity contribution in [2.45, 2.75) is 0 Å². The highest BCUT2D eigenvalue weighted by molar-refractivity contribution is 14.1. The molecule has 2 rings (SSSR count). The van der Waals surface area contributed by atoms with Gasteiger partial charge in [-0.05, 0) is 74.9 Å². The number of ketones is 1. The predicted molar refractivity (Wildman–Crippen MR) is 89.8 cm³/mol. The molecule has 0 aliphatic rings. The molecule has 0 aliphatic heterocycles. The van der Waals surface area contributed by atoms with Crippen molar-refractivity contribution in [1.82, 2.24) is 0 Å². The van der Waals surface area contributed by atoms with E-state index < -0.39 is 0 Å². The zero-order chi connectivity index (χ0) is 14.7. The maximum Gasteiger partial charge on any atom is 0.196 e. The van der Waals surface area contributed by atoms with Gasteiger partial charge in [0, 0.05) is 9.13 Å². The zero-order valence-corrected chi connectivity index (χ0v) is 14.7. The lowest BCUT2D eigenvalue weighted by molar-refractivity contribution is 0.103. The number of ether oxygens (including phenoxy) is 2. The standard InChI is InChI=1S/C15H12BrIO3/c1-19-13-8-12(16)14(20-2)7-11(13)15(18)9-3-5-10(17)6-4-9/h3-8H,1-2H3. The number of rotatable bonds is 4. The Kier molecular flexibility index (Phi) is 5.04. The molecule has 0 N–H and O–H groups in total. The summed E-state index contributed by atoms with van der Waals surface area (Å²) in [6.07, 6.45) is 0. The van der Waals surface area contributed by atoms with Gasteiger partial charge in [0.2, 0.25) is 0 Å². The van der Waals surface area contributed by atoms with Gasteiger partial charge < -0.3 is 9.47 Å². The Morgan fingerprint density at radius 3 is 2.20 bits per heavy atom. The van der Waals surface area contributed by atoms with Crippen molar-refractivity contribution < 1.29 is 14.3 Å². The summed E-state index contributed by atoms with van der Waals surface area (Å²) in [6, 6.07) is 10.8. The van der Waals surface area contributed by atoms with E-state index in [2.05, 4.69) is 38.5 Å². The van der Waals surface area contributed by atoms with E-state index in [1.807, 2.05) is 12.1 Å². The molecule has 0 aliphatic carbocycles. The summed E-state index contributed by atoms with van der Waals surface area (Å²) in [5.41, 5.74) is 1.10. The van der Waals surface area contributed by atoms with Gasteiger partial charge in [-0.15, -0.1) is 0 Å². The van der Waals surface area contributed by atoms with E-state index in [0.717, 1.165) is 8.04 Å². The van der Waals surface area contributed by atoms with Crippen LogP contribution in [0, 0.1) is 3.57 Å². The molecule has 2 aromatic rings. The van der Waals surface area contributed by atoms with E-state index in [9.17, 15) is 4.79 Å². The molecule has 0 bridgehead atoms. The molecule has 0 radical (unpaired) electrons. The largest absolute Gasteiger partial charge is 0.496 e. The van der Waals surface area contributed by atoms with Gasteiger partial charge in [0.05, 0.1) is 24.3 Å². The molecule has 104 valence electrons. The lowest BCUT2D eigenvalue weighted by atomic mass is 10.0. The quantitative estimate of drug-likeness (QED) is 0.518. The van der Waals surface area contributed by atoms with Crippen LogP contribution < -0.4 is 9.47 Å². The Balaban J connectivity index is 2.50. The van der Waals surface area contributed by atoms with Crippen LogP contribution in [0.3, 0.4) is 0 Å². The third-order valence-corrected chi connectivity index (χ3v) is 4.16. The second kappa shape index (κ2) is 6.58. The second-order valence-electron chi connectivity index (χ2n) is 4.02. The third kappa shape index (κ3) is 3.15. The minimum atomic E-state index is -0.0935. The first-order valence-corrected chi connectivity index (χ1v) is 7.65. The maximum atomic E-state index is 12.6. The van der Waals surface area contributed by atoms with Crippen molar-refractivity contribution in [3.63, 3.8) is 0 Å². The van der Waals surface area contributed by atoms with Crippen LogP contribution in [0.4, 0.5) is 0 Å². The SMILES string of the molecule is COc1cc(C(=O)c2ccc(I)cc2)c(OC)cc1Br. The number of carbonyl (C=O) groups is 1. The summed E-state index contributed by atoms with van der Waals surface area (Å²) in [4.78, 5) is 12.6. The third-order valence-electron chi connectivity index (χ3n) is 2.82. The number of hydrogen-bond donors (Lipinski definition) is 0. The van der Waals surface area contributed by atoms with Crippen molar-refractivity contribution >= 4 is 44.3 Å². The van der Waals surface area contributed by atoms with Crippen LogP contribution in [0.25, 0.3) is 0 Å². The molecule has 0 atom stereocenters. The van der Waals surface area contributed by atoms with Crippen molar-refractivity contribution in [2.75, 3.05) is 14.2 Å². The molecular weight excluding hydrogens is 435 g/mol. The van der Waals surface area contributed by atoms with E-state index in [1.165, 1.54) is 0 Å². The normalized spacial score (nSPS) is 10.2. The molecule has 2 aromatic carbocycles. The van der Waals surface area contributed by atoms with Gasteiger partial charge >= 0.3 is 0 Å². The van der Waals surface area contributed by atoms with E-state index in [4.69, 9.17) is 9.47 Å². The van der Waals surface area contributed by atoms with Gasteiger partial charge in [-0.3, -0.25) is 4.79 Å². The molecule has 0 heterocycles. The van der Waals surface area contributed by atoms with Gasteiger partial charge in [-0.25, -0.2) is 0 Å². The zero-order valence-electron chi connectivity index (χ0n) is 10.9. The van der Waals surface area contributed by atoms with E-state index in [1.54, 1.807) is 38.5 Å². The molecule has 3 nitrogen and oxygen atoms in total. The van der Waals surface area contributed by atoms with Crippen LogP contribution in [-0.4, -0.2) is 20.0 Å². The Labute approximate surface area is 139 Å². The van der Waals surface area contributed by atoms with Crippen LogP contribution in [0.1, 0.15) is 15.9 Å². The molecule has 0 fully saturated rings. The summed E-state index contributed by atoms with van der Waals surface area (Å²) >= 11 is 5.58. The first-order chi connectivity index (χ1) is 9.56. The van der Waals surface area contributed by atoms with Crippen LogP contribution >= 0.6 is 38.5 Å². The lowest BCUT2D eigenvalue weighted by Crippen LogP contribution is -2.05. The Hall–Kier alpha value is -1.08. The lowest BCUT2D eigenvalue weighted by Gasteiger charge is -2.11. The average Bonchev–Trinajstić information content (AvgIpc) is 2.47. The van der Waals surface area contributed by atoms with E-state index >= 15 is 0 Å². The van der Waals surface area contributed by atoms with Crippen molar-refractivity contribution in [3.05, 3.63) is 55.6 Å². The Bertz CT molecular complexity index is 638. The van der Waals surface area contributed by atoms with Gasteiger partial charge in [0.15, 0.2) is 5.78 Å². The summed E-state index contributed by atoms with van der Waals surface area (Å²) in [6.45, 7) is 0. The Morgan fingerprint density at radius 1 is 1.05 bits per heavy atom. The number of methoxy groups -OCH3 is 2. The van der Waals surface area contributed by atoms with Gasteiger partial charge in [-0.1, -0.05) is 0 Å². The summed E-state index contributed by atoms with van der Waals surface area (Å²) in [5.74, 6) is 1.02. The highest BCUT2D eigenvalue weighted by Crippen LogP contribution is 2.33. The molecule has 0 unspecified atom stereocenters. The number of benzene rings is 2. The van der Waals surface area contributed by atoms with Crippen LogP contribution in [0.2, 0.25) is 0 Å². The van der Waals surface area contributed by atoms with E-state index in [-0.39, 0.29) is 5.78 Å². The molecular formula is C15H12BrIO3. The van der Waals surface area contributed by atoms with Crippen molar-refractivity contribution in [2.24, 2.45) is 0 Å². The smallest absolute Gasteiger partial charge is 0.196 e. The first kappa shape index (κ1) is 15.3. The van der Waals surface area contributed by atoms with Crippen LogP contribution in [0.5, 0.6) is 11.5 Å². The van der Waals surface area contributed by atoms with Gasteiger partial charge in [0.1, 0.15) is 11.5 Å². The summed E-state index contributed by atoms with van der Waals surface area (Å²) in [7, 11) is 3.10. The van der Waals surface area contributed by atoms with Crippen molar-refractivity contribution in [3.8, 4) is 11.5 Å². The highest BCUT2D eigenvalue weighted by Gasteiger charge is 2.17. The average molecular weight is 447 g/mol. The van der Waals surface area contributed by atoms with Crippen LogP contribution in [0.15, 0.2) is 40.9 Å². The molecule has 0 aromatic heterocycles. The summed E-state index contributed by atoms with van der Waals surface area (Å²) in [5, 5.41) is 0. The first-order valence-electron chi connectivity index (χ1n) is 5.78.